The number of rotatable bonds is 6. The van der Waals surface area contributed by atoms with Crippen LogP contribution in [0.2, 0.25) is 0 Å². The number of hydrogen-bond acceptors (Lipinski definition) is 4. The fourth-order valence-electron chi connectivity index (χ4n) is 2.07. The normalized spacial score (nSPS) is 24.4. The summed E-state index contributed by atoms with van der Waals surface area (Å²) >= 11 is 0. The number of ether oxygens (including phenoxy) is 2. The maximum absolute atomic E-state index is 12.7. The highest BCUT2D eigenvalue weighted by molar-refractivity contribution is 5.22. The fraction of sp³-hybridized carbons (Fsp3) is 0.571. The van der Waals surface area contributed by atoms with Crippen LogP contribution in [0.3, 0.4) is 0 Å². The van der Waals surface area contributed by atoms with Crippen molar-refractivity contribution in [3.63, 3.8) is 0 Å². The molecular formula is C14H20FNO3. The molecule has 3 atom stereocenters. The molecule has 1 aliphatic rings. The SMILES string of the molecule is CC1OCCC1NCC(O)COc1ccc(F)cc1. The van der Waals surface area contributed by atoms with Gasteiger partial charge in [-0.25, -0.2) is 4.39 Å². The second kappa shape index (κ2) is 6.84. The first-order valence-electron chi connectivity index (χ1n) is 6.56. The van der Waals surface area contributed by atoms with Crippen molar-refractivity contribution >= 4 is 0 Å². The van der Waals surface area contributed by atoms with Crippen molar-refractivity contribution in [1.29, 1.82) is 0 Å². The minimum absolute atomic E-state index is 0.181. The van der Waals surface area contributed by atoms with Crippen molar-refractivity contribution in [2.45, 2.75) is 31.6 Å². The summed E-state index contributed by atoms with van der Waals surface area (Å²) in [6.45, 7) is 3.42. The molecule has 0 aliphatic carbocycles. The maximum atomic E-state index is 12.7. The molecule has 1 aromatic rings. The van der Waals surface area contributed by atoms with Crippen molar-refractivity contribution < 1.29 is 19.0 Å². The van der Waals surface area contributed by atoms with Gasteiger partial charge in [0.15, 0.2) is 0 Å². The molecule has 1 aromatic carbocycles. The molecule has 4 nitrogen and oxygen atoms in total. The Bertz CT molecular complexity index is 385. The van der Waals surface area contributed by atoms with Crippen LogP contribution in [0.5, 0.6) is 5.75 Å². The molecule has 0 bridgehead atoms. The molecule has 1 saturated heterocycles. The average molecular weight is 269 g/mol. The van der Waals surface area contributed by atoms with Crippen LogP contribution in [0.4, 0.5) is 4.39 Å². The molecule has 0 amide bonds. The third-order valence-corrected chi connectivity index (χ3v) is 3.25. The molecule has 0 aromatic heterocycles. The summed E-state index contributed by atoms with van der Waals surface area (Å²) in [4.78, 5) is 0. The monoisotopic (exact) mass is 269 g/mol. The number of hydrogen-bond donors (Lipinski definition) is 2. The van der Waals surface area contributed by atoms with Crippen LogP contribution in [0.25, 0.3) is 0 Å². The fourth-order valence-corrected chi connectivity index (χ4v) is 2.07. The van der Waals surface area contributed by atoms with E-state index in [1.54, 1.807) is 12.1 Å². The molecule has 5 heteroatoms. The van der Waals surface area contributed by atoms with Gasteiger partial charge < -0.3 is 19.9 Å². The van der Waals surface area contributed by atoms with Crippen molar-refractivity contribution in [2.75, 3.05) is 19.8 Å². The van der Waals surface area contributed by atoms with E-state index in [4.69, 9.17) is 9.47 Å². The quantitative estimate of drug-likeness (QED) is 0.818. The maximum Gasteiger partial charge on any atom is 0.123 e. The summed E-state index contributed by atoms with van der Waals surface area (Å²) < 4.78 is 23.5. The Morgan fingerprint density at radius 2 is 2.21 bits per heavy atom. The summed E-state index contributed by atoms with van der Waals surface area (Å²) in [6, 6.07) is 6.04. The van der Waals surface area contributed by atoms with Gasteiger partial charge in [0.05, 0.1) is 6.10 Å². The minimum Gasteiger partial charge on any atom is -0.491 e. The standard InChI is InChI=1S/C14H20FNO3/c1-10-14(6-7-18-10)16-8-12(17)9-19-13-4-2-11(15)3-5-13/h2-5,10,12,14,16-17H,6-9H2,1H3. The molecule has 2 N–H and O–H groups in total. The lowest BCUT2D eigenvalue weighted by atomic mass is 10.1. The summed E-state index contributed by atoms with van der Waals surface area (Å²) in [5.74, 6) is 0.253. The van der Waals surface area contributed by atoms with E-state index in [0.717, 1.165) is 13.0 Å². The van der Waals surface area contributed by atoms with Crippen LogP contribution in [0, 0.1) is 5.82 Å². The first-order valence-corrected chi connectivity index (χ1v) is 6.56. The smallest absolute Gasteiger partial charge is 0.123 e. The van der Waals surface area contributed by atoms with Gasteiger partial charge in [-0.1, -0.05) is 0 Å². The highest BCUT2D eigenvalue weighted by Gasteiger charge is 2.24. The van der Waals surface area contributed by atoms with Gasteiger partial charge in [-0.05, 0) is 37.6 Å². The van der Waals surface area contributed by atoms with Crippen molar-refractivity contribution in [2.24, 2.45) is 0 Å². The summed E-state index contributed by atoms with van der Waals surface area (Å²) in [5, 5.41) is 13.1. The topological polar surface area (TPSA) is 50.7 Å². The Kier molecular flexibility index (Phi) is 5.13. The van der Waals surface area contributed by atoms with E-state index in [2.05, 4.69) is 5.32 Å². The molecular weight excluding hydrogens is 249 g/mol. The predicted molar refractivity (Wildman–Crippen MR) is 69.7 cm³/mol. The van der Waals surface area contributed by atoms with Gasteiger partial charge in [0.25, 0.3) is 0 Å². The first kappa shape index (κ1) is 14.2. The Labute approximate surface area is 112 Å². The lowest BCUT2D eigenvalue weighted by Crippen LogP contribution is -2.41. The molecule has 1 aliphatic heterocycles. The Hall–Kier alpha value is -1.17. The average Bonchev–Trinajstić information content (AvgIpc) is 2.81. The summed E-state index contributed by atoms with van der Waals surface area (Å²) in [6.07, 6.45) is 0.551. The van der Waals surface area contributed by atoms with Crippen LogP contribution in [-0.2, 0) is 4.74 Å². The molecule has 3 unspecified atom stereocenters. The van der Waals surface area contributed by atoms with E-state index in [-0.39, 0.29) is 18.5 Å². The van der Waals surface area contributed by atoms with Crippen molar-refractivity contribution in [3.8, 4) is 5.75 Å². The molecule has 0 spiro atoms. The molecule has 106 valence electrons. The Morgan fingerprint density at radius 1 is 1.47 bits per heavy atom. The first-order chi connectivity index (χ1) is 9.15. The van der Waals surface area contributed by atoms with Crippen LogP contribution < -0.4 is 10.1 Å². The summed E-state index contributed by atoms with van der Waals surface area (Å²) in [7, 11) is 0. The third kappa shape index (κ3) is 4.45. The molecule has 1 fully saturated rings. The highest BCUT2D eigenvalue weighted by Crippen LogP contribution is 2.13. The van der Waals surface area contributed by atoms with Crippen LogP contribution in [0.15, 0.2) is 24.3 Å². The largest absolute Gasteiger partial charge is 0.491 e. The number of aliphatic hydroxyl groups is 1. The van der Waals surface area contributed by atoms with E-state index in [0.29, 0.717) is 18.3 Å². The summed E-state index contributed by atoms with van der Waals surface area (Å²) in [5.41, 5.74) is 0. The second-order valence-corrected chi connectivity index (χ2v) is 4.80. The molecule has 0 radical (unpaired) electrons. The molecule has 19 heavy (non-hydrogen) atoms. The molecule has 0 saturated carbocycles. The predicted octanol–water partition coefficient (Wildman–Crippen LogP) is 1.33. The van der Waals surface area contributed by atoms with Crippen molar-refractivity contribution in [3.05, 3.63) is 30.1 Å². The van der Waals surface area contributed by atoms with Gasteiger partial charge in [-0.15, -0.1) is 0 Å². The van der Waals surface area contributed by atoms with Crippen LogP contribution in [0.1, 0.15) is 13.3 Å². The number of halogens is 1. The van der Waals surface area contributed by atoms with Gasteiger partial charge >= 0.3 is 0 Å². The highest BCUT2D eigenvalue weighted by atomic mass is 19.1. The van der Waals surface area contributed by atoms with Gasteiger partial charge in [-0.3, -0.25) is 0 Å². The Balaban J connectivity index is 1.66. The minimum atomic E-state index is -0.599. The second-order valence-electron chi connectivity index (χ2n) is 4.80. The van der Waals surface area contributed by atoms with E-state index < -0.39 is 6.10 Å². The lowest BCUT2D eigenvalue weighted by Gasteiger charge is -2.19. The number of benzene rings is 1. The molecule has 2 rings (SSSR count). The molecule has 1 heterocycles. The van der Waals surface area contributed by atoms with E-state index in [1.165, 1.54) is 12.1 Å². The Morgan fingerprint density at radius 3 is 2.84 bits per heavy atom. The van der Waals surface area contributed by atoms with E-state index in [1.807, 2.05) is 6.92 Å². The van der Waals surface area contributed by atoms with Gasteiger partial charge in [0, 0.05) is 19.2 Å². The van der Waals surface area contributed by atoms with E-state index in [9.17, 15) is 9.50 Å². The van der Waals surface area contributed by atoms with E-state index >= 15 is 0 Å². The van der Waals surface area contributed by atoms with Crippen LogP contribution in [-0.4, -0.2) is 43.1 Å². The zero-order chi connectivity index (χ0) is 13.7. The van der Waals surface area contributed by atoms with Gasteiger partial charge in [-0.2, -0.15) is 0 Å². The third-order valence-electron chi connectivity index (χ3n) is 3.25. The zero-order valence-electron chi connectivity index (χ0n) is 11.0. The van der Waals surface area contributed by atoms with Gasteiger partial charge in [0.1, 0.15) is 24.3 Å². The zero-order valence-corrected chi connectivity index (χ0v) is 11.0. The van der Waals surface area contributed by atoms with Crippen LogP contribution >= 0.6 is 0 Å². The lowest BCUT2D eigenvalue weighted by molar-refractivity contribution is 0.0897. The van der Waals surface area contributed by atoms with Crippen molar-refractivity contribution in [1.82, 2.24) is 5.32 Å². The number of nitrogens with one attached hydrogen (secondary N) is 1. The van der Waals surface area contributed by atoms with Gasteiger partial charge in [0.2, 0.25) is 0 Å². The number of aliphatic hydroxyl groups excluding tert-OH is 1.